The average Bonchev–Trinajstić information content (AvgIpc) is 3.44. The number of aromatic nitrogens is 3. The van der Waals surface area contributed by atoms with Crippen LogP contribution in [0.15, 0.2) is 62.7 Å². The van der Waals surface area contributed by atoms with Gasteiger partial charge in [-0.05, 0) is 97.0 Å². The number of rotatable bonds is 7. The zero-order valence-electron chi connectivity index (χ0n) is 26.0. The molecule has 0 spiro atoms. The predicted octanol–water partition coefficient (Wildman–Crippen LogP) is 5.94. The first-order chi connectivity index (χ1) is 20.0. The molecule has 8 atom stereocenters. The fourth-order valence-electron chi connectivity index (χ4n) is 9.30. The lowest BCUT2D eigenvalue weighted by molar-refractivity contribution is 0.0677. The van der Waals surface area contributed by atoms with Crippen molar-refractivity contribution in [3.8, 4) is 5.69 Å². The summed E-state index contributed by atoms with van der Waals surface area (Å²) in [4.78, 5) is 28.3. The second-order valence-corrected chi connectivity index (χ2v) is 14.5. The highest BCUT2D eigenvalue weighted by Crippen LogP contribution is 2.62. The molecule has 0 bridgehead atoms. The van der Waals surface area contributed by atoms with E-state index in [0.717, 1.165) is 36.3 Å². The van der Waals surface area contributed by atoms with E-state index in [1.807, 2.05) is 25.1 Å². The van der Waals surface area contributed by atoms with E-state index < -0.39 is 18.2 Å². The smallest absolute Gasteiger partial charge is 0.352 e. The van der Waals surface area contributed by atoms with Crippen LogP contribution in [0.25, 0.3) is 5.69 Å². The third kappa shape index (κ3) is 4.71. The molecule has 7 heteroatoms. The second kappa shape index (κ2) is 11.1. The third-order valence-corrected chi connectivity index (χ3v) is 11.5. The average molecular weight is 576 g/mol. The minimum absolute atomic E-state index is 0.154. The SMILES string of the molecule is CC1=C(C2C=C3C(CC[C@]4(C)[C@@H]([C@H](C)CCCC(C)C)CC[C@@H]34)n3c(=O)n(-c4ccccc4)c(=O)n32)C[C@@H](O)C[C@@H]1O. The summed E-state index contributed by atoms with van der Waals surface area (Å²) < 4.78 is 4.68. The van der Waals surface area contributed by atoms with Gasteiger partial charge in [0, 0.05) is 6.42 Å². The fraction of sp³-hybridized carbons (Fsp3) is 0.657. The van der Waals surface area contributed by atoms with E-state index in [0.29, 0.717) is 36.3 Å². The van der Waals surface area contributed by atoms with Gasteiger partial charge in [-0.3, -0.25) is 0 Å². The molecule has 228 valence electrons. The summed E-state index contributed by atoms with van der Waals surface area (Å²) in [6.45, 7) is 11.5. The van der Waals surface area contributed by atoms with Gasteiger partial charge in [-0.2, -0.15) is 0 Å². The summed E-state index contributed by atoms with van der Waals surface area (Å²) in [6, 6.07) is 8.52. The lowest BCUT2D eigenvalue weighted by atomic mass is 9.59. The molecule has 7 nitrogen and oxygen atoms in total. The molecule has 3 aliphatic carbocycles. The van der Waals surface area contributed by atoms with Gasteiger partial charge in [0.25, 0.3) is 0 Å². The molecular weight excluding hydrogens is 526 g/mol. The Kier molecular flexibility index (Phi) is 7.80. The highest BCUT2D eigenvalue weighted by Gasteiger charge is 2.55. The highest BCUT2D eigenvalue weighted by molar-refractivity contribution is 5.37. The summed E-state index contributed by atoms with van der Waals surface area (Å²) >= 11 is 0. The van der Waals surface area contributed by atoms with Crippen LogP contribution in [0.3, 0.4) is 0 Å². The number of allylic oxidation sites excluding steroid dienone is 2. The maximum atomic E-state index is 14.2. The molecule has 2 fully saturated rings. The molecule has 2 N–H and O–H groups in total. The van der Waals surface area contributed by atoms with Crippen molar-refractivity contribution in [1.29, 1.82) is 0 Å². The Morgan fingerprint density at radius 1 is 0.976 bits per heavy atom. The van der Waals surface area contributed by atoms with Crippen molar-refractivity contribution in [2.24, 2.45) is 29.1 Å². The molecule has 4 aliphatic rings. The van der Waals surface area contributed by atoms with Crippen molar-refractivity contribution < 1.29 is 10.2 Å². The zero-order valence-corrected chi connectivity index (χ0v) is 26.0. The number of hydrogen-bond donors (Lipinski definition) is 2. The van der Waals surface area contributed by atoms with Gasteiger partial charge in [-0.1, -0.05) is 71.2 Å². The van der Waals surface area contributed by atoms with Crippen LogP contribution >= 0.6 is 0 Å². The topological polar surface area (TPSA) is 89.4 Å². The highest BCUT2D eigenvalue weighted by atomic mass is 16.3. The van der Waals surface area contributed by atoms with Crippen LogP contribution in [-0.4, -0.2) is 36.4 Å². The monoisotopic (exact) mass is 575 g/mol. The van der Waals surface area contributed by atoms with E-state index in [4.69, 9.17) is 0 Å². The summed E-state index contributed by atoms with van der Waals surface area (Å²) in [5.41, 5.74) is 3.01. The molecule has 2 saturated carbocycles. The Bertz CT molecular complexity index is 1490. The van der Waals surface area contributed by atoms with Crippen LogP contribution < -0.4 is 11.4 Å². The Hall–Kier alpha value is -2.64. The summed E-state index contributed by atoms with van der Waals surface area (Å²) in [5.74, 6) is 2.39. The second-order valence-electron chi connectivity index (χ2n) is 14.5. The van der Waals surface area contributed by atoms with Crippen molar-refractivity contribution in [1.82, 2.24) is 13.9 Å². The van der Waals surface area contributed by atoms with E-state index >= 15 is 0 Å². The van der Waals surface area contributed by atoms with Crippen LogP contribution in [-0.2, 0) is 0 Å². The minimum atomic E-state index is -0.758. The van der Waals surface area contributed by atoms with Gasteiger partial charge < -0.3 is 10.2 Å². The maximum Gasteiger partial charge on any atom is 0.352 e. The Balaban J connectivity index is 1.46. The maximum absolute atomic E-state index is 14.2. The minimum Gasteiger partial charge on any atom is -0.393 e. The fourth-order valence-corrected chi connectivity index (χ4v) is 9.30. The first kappa shape index (κ1) is 29.4. The Labute approximate surface area is 249 Å². The number of hydrogen-bond acceptors (Lipinski definition) is 4. The van der Waals surface area contributed by atoms with Crippen molar-refractivity contribution in [3.05, 3.63) is 74.1 Å². The Morgan fingerprint density at radius 2 is 1.69 bits per heavy atom. The van der Waals surface area contributed by atoms with E-state index in [-0.39, 0.29) is 22.8 Å². The normalized spacial score (nSPS) is 33.3. The van der Waals surface area contributed by atoms with Gasteiger partial charge in [0.15, 0.2) is 0 Å². The van der Waals surface area contributed by atoms with Gasteiger partial charge in [0.2, 0.25) is 0 Å². The number of nitrogens with zero attached hydrogens (tertiary/aromatic N) is 3. The first-order valence-electron chi connectivity index (χ1n) is 16.3. The molecule has 0 amide bonds. The zero-order chi connectivity index (χ0) is 29.9. The van der Waals surface area contributed by atoms with E-state index in [9.17, 15) is 19.8 Å². The molecule has 0 saturated heterocycles. The van der Waals surface area contributed by atoms with Crippen LogP contribution in [0.4, 0.5) is 0 Å². The molecule has 1 aromatic carbocycles. The molecule has 0 radical (unpaired) electrons. The number of fused-ring (bicyclic) bond motifs is 5. The number of para-hydroxylation sites is 1. The van der Waals surface area contributed by atoms with Crippen molar-refractivity contribution in [3.63, 3.8) is 0 Å². The van der Waals surface area contributed by atoms with Gasteiger partial charge in [0.05, 0.1) is 30.0 Å². The number of aliphatic hydroxyl groups is 2. The van der Waals surface area contributed by atoms with Gasteiger partial charge in [-0.25, -0.2) is 23.5 Å². The summed E-state index contributed by atoms with van der Waals surface area (Å²) in [5, 5.41) is 21.5. The number of aliphatic hydroxyl groups excluding tert-OH is 2. The van der Waals surface area contributed by atoms with Crippen molar-refractivity contribution in [2.45, 2.75) is 117 Å². The Morgan fingerprint density at radius 3 is 2.40 bits per heavy atom. The van der Waals surface area contributed by atoms with Crippen LogP contribution in [0.1, 0.15) is 104 Å². The number of benzene rings is 1. The quantitative estimate of drug-likeness (QED) is 0.400. The largest absolute Gasteiger partial charge is 0.393 e. The molecule has 42 heavy (non-hydrogen) atoms. The van der Waals surface area contributed by atoms with E-state index in [1.54, 1.807) is 21.5 Å². The molecule has 6 rings (SSSR count). The first-order valence-corrected chi connectivity index (χ1v) is 16.3. The summed E-state index contributed by atoms with van der Waals surface area (Å²) in [6.07, 6.45) is 9.50. The van der Waals surface area contributed by atoms with E-state index in [1.165, 1.54) is 35.8 Å². The van der Waals surface area contributed by atoms with E-state index in [2.05, 4.69) is 33.8 Å². The van der Waals surface area contributed by atoms with Crippen molar-refractivity contribution in [2.75, 3.05) is 0 Å². The molecule has 2 aromatic rings. The summed E-state index contributed by atoms with van der Waals surface area (Å²) in [7, 11) is 0. The van der Waals surface area contributed by atoms with Gasteiger partial charge >= 0.3 is 11.4 Å². The molecule has 1 aromatic heterocycles. The van der Waals surface area contributed by atoms with Crippen molar-refractivity contribution >= 4 is 0 Å². The molecular formula is C35H49N3O4. The van der Waals surface area contributed by atoms with Crippen LogP contribution in [0, 0.1) is 29.1 Å². The third-order valence-electron chi connectivity index (χ3n) is 11.5. The van der Waals surface area contributed by atoms with Crippen LogP contribution in [0.2, 0.25) is 0 Å². The standard InChI is InChI=1S/C35H49N3O4/c1-21(2)10-9-11-22(3)28-14-15-29-27-20-31(26-18-25(39)19-32(40)23(26)4)38-34(42)36(24-12-7-6-8-13-24)33(41)37(38)30(27)16-17-35(28,29)5/h6-8,12-13,20-22,25,28-32,39-40H,9-11,14-19H2,1-5H3/t22-,25-,28-,29+,30?,31?,32+,35-/m1/s1. The lowest BCUT2D eigenvalue weighted by Gasteiger charge is -2.49. The van der Waals surface area contributed by atoms with Gasteiger partial charge in [0.1, 0.15) is 0 Å². The predicted molar refractivity (Wildman–Crippen MR) is 166 cm³/mol. The van der Waals surface area contributed by atoms with Crippen LogP contribution in [0.5, 0.6) is 0 Å². The molecule has 2 unspecified atom stereocenters. The molecule has 1 aliphatic heterocycles. The molecule has 2 heterocycles. The lowest BCUT2D eigenvalue weighted by Crippen LogP contribution is -2.46. The van der Waals surface area contributed by atoms with Gasteiger partial charge in [-0.15, -0.1) is 0 Å².